The molecule has 2 heterocycles. The molecule has 0 radical (unpaired) electrons. The highest BCUT2D eigenvalue weighted by Crippen LogP contribution is 2.23. The number of fused-ring (bicyclic) bond motifs is 2. The summed E-state index contributed by atoms with van der Waals surface area (Å²) in [6.07, 6.45) is 0. The first-order valence-electron chi connectivity index (χ1n) is 12.4. The van der Waals surface area contributed by atoms with Crippen LogP contribution in [0.15, 0.2) is 79.7 Å². The van der Waals surface area contributed by atoms with E-state index in [9.17, 15) is 41.2 Å². The van der Waals surface area contributed by atoms with E-state index >= 15 is 0 Å². The van der Waals surface area contributed by atoms with E-state index in [-0.39, 0.29) is 22.4 Å². The van der Waals surface area contributed by atoms with E-state index in [0.717, 1.165) is 13.2 Å². The predicted octanol–water partition coefficient (Wildman–Crippen LogP) is 0.505. The van der Waals surface area contributed by atoms with Crippen LogP contribution in [0.25, 0.3) is 11.0 Å². The van der Waals surface area contributed by atoms with Crippen molar-refractivity contribution in [2.75, 3.05) is 7.11 Å². The van der Waals surface area contributed by atoms with Gasteiger partial charge in [0.15, 0.2) is 15.8 Å². The lowest BCUT2D eigenvalue weighted by Crippen LogP contribution is -2.38. The largest absolute Gasteiger partial charge is 0.463 e. The van der Waals surface area contributed by atoms with Gasteiger partial charge in [-0.1, -0.05) is 41.9 Å². The summed E-state index contributed by atoms with van der Waals surface area (Å²) >= 11 is 5.97. The predicted molar refractivity (Wildman–Crippen MR) is 158 cm³/mol. The Morgan fingerprint density at radius 1 is 1.04 bits per heavy atom. The van der Waals surface area contributed by atoms with Crippen LogP contribution in [0.2, 0.25) is 5.02 Å². The number of ether oxygens (including phenoxy) is 1. The van der Waals surface area contributed by atoms with Crippen molar-refractivity contribution in [3.8, 4) is 0 Å². The summed E-state index contributed by atoms with van der Waals surface area (Å²) in [6.45, 7) is 0. The molecule has 3 aromatic carbocycles. The lowest BCUT2D eigenvalue weighted by molar-refractivity contribution is -0.153. The van der Waals surface area contributed by atoms with Crippen LogP contribution in [-0.2, 0) is 39.1 Å². The Morgan fingerprint density at radius 3 is 2.38 bits per heavy atom. The second kappa shape index (κ2) is 11.5. The average Bonchev–Trinajstić information content (AvgIpc) is 2.99. The summed E-state index contributed by atoms with van der Waals surface area (Å²) in [5, 5.41) is 4.11. The zero-order valence-electron chi connectivity index (χ0n) is 22.6. The molecule has 15 nitrogen and oxygen atoms in total. The van der Waals surface area contributed by atoms with Crippen molar-refractivity contribution in [2.45, 2.75) is 10.8 Å². The van der Waals surface area contributed by atoms with E-state index in [4.69, 9.17) is 16.7 Å². The molecule has 2 atom stereocenters. The first-order chi connectivity index (χ1) is 21.1. The number of halogens is 1. The lowest BCUT2D eigenvalue weighted by Gasteiger charge is -2.15. The molecular weight excluding hydrogens is 654 g/mol. The number of nitrogens with zero attached hydrogens (tertiary/aromatic N) is 3. The number of carbonyl (C=O) groups excluding carboxylic acids is 4. The fourth-order valence-corrected chi connectivity index (χ4v) is 6.63. The highest BCUT2D eigenvalue weighted by atomic mass is 35.5. The van der Waals surface area contributed by atoms with Crippen molar-refractivity contribution >= 4 is 71.8 Å². The molecule has 1 aromatic heterocycles. The van der Waals surface area contributed by atoms with Gasteiger partial charge in [0.2, 0.25) is 21.6 Å². The Labute approximate surface area is 257 Å². The molecule has 0 aliphatic carbocycles. The average molecular weight is 672 g/mol. The van der Waals surface area contributed by atoms with Crippen molar-refractivity contribution in [1.82, 2.24) is 9.97 Å². The minimum atomic E-state index is -4.60. The SMILES string of the molecule is COC(=O)C(=O)C(C(=O)C1=NS(=O)(O)=c2cc(S(N)(=O)=O)c(Cl)cc2=N1)c1nc2ccc(C(=O)c3ccccc3)cc2[nH]c1=O. The molecule has 1 aliphatic heterocycles. The third-order valence-corrected chi connectivity index (χ3v) is 9.16. The number of carbonyl (C=O) groups is 4. The number of H-pyrrole nitrogens is 1. The summed E-state index contributed by atoms with van der Waals surface area (Å²) in [7, 11) is -8.21. The number of nitrogens with two attached hydrogens (primary N) is 1. The highest BCUT2D eigenvalue weighted by molar-refractivity contribution is 7.89. The van der Waals surface area contributed by atoms with E-state index in [1.807, 2.05) is 0 Å². The normalized spacial score (nSPS) is 16.6. The van der Waals surface area contributed by atoms with Crippen LogP contribution < -0.4 is 16.1 Å². The molecule has 45 heavy (non-hydrogen) atoms. The Bertz CT molecular complexity index is 2420. The van der Waals surface area contributed by atoms with Crippen molar-refractivity contribution in [1.29, 1.82) is 0 Å². The van der Waals surface area contributed by atoms with E-state index in [2.05, 4.69) is 24.1 Å². The van der Waals surface area contributed by atoms with Gasteiger partial charge in [-0.25, -0.2) is 32.5 Å². The molecule has 4 N–H and O–H groups in total. The Balaban J connectivity index is 1.65. The first-order valence-corrected chi connectivity index (χ1v) is 15.8. The molecule has 0 saturated carbocycles. The molecule has 18 heteroatoms. The quantitative estimate of drug-likeness (QED) is 0.0765. The van der Waals surface area contributed by atoms with Gasteiger partial charge in [0.25, 0.3) is 11.3 Å². The Morgan fingerprint density at radius 2 is 1.73 bits per heavy atom. The number of amidine groups is 1. The number of aromatic amines is 1. The molecule has 5 rings (SSSR count). The van der Waals surface area contributed by atoms with E-state index in [0.29, 0.717) is 11.6 Å². The maximum atomic E-state index is 13.7. The smallest absolute Gasteiger partial charge is 0.375 e. The van der Waals surface area contributed by atoms with Crippen molar-refractivity contribution in [3.63, 3.8) is 0 Å². The molecule has 0 amide bonds. The third-order valence-electron chi connectivity index (χ3n) is 6.46. The van der Waals surface area contributed by atoms with Crippen molar-refractivity contribution < 1.29 is 41.1 Å². The maximum absolute atomic E-state index is 13.7. The number of sulfonamides is 1. The van der Waals surface area contributed by atoms with Gasteiger partial charge >= 0.3 is 5.97 Å². The van der Waals surface area contributed by atoms with Crippen LogP contribution in [-0.4, -0.2) is 63.4 Å². The van der Waals surface area contributed by atoms with Crippen LogP contribution in [0.4, 0.5) is 0 Å². The van der Waals surface area contributed by atoms with Gasteiger partial charge in [0.05, 0.1) is 28.5 Å². The lowest BCUT2D eigenvalue weighted by atomic mass is 9.94. The van der Waals surface area contributed by atoms with Crippen molar-refractivity contribution in [2.24, 2.45) is 14.5 Å². The Hall–Kier alpha value is -4.94. The zero-order chi connectivity index (χ0) is 32.8. The molecule has 0 fully saturated rings. The molecule has 230 valence electrons. The van der Waals surface area contributed by atoms with Gasteiger partial charge in [0, 0.05) is 11.1 Å². The van der Waals surface area contributed by atoms with E-state index in [1.54, 1.807) is 30.3 Å². The van der Waals surface area contributed by atoms with Crippen LogP contribution in [0, 0.1) is 4.51 Å². The van der Waals surface area contributed by atoms with Gasteiger partial charge in [-0.2, -0.15) is 0 Å². The van der Waals surface area contributed by atoms with Crippen molar-refractivity contribution in [3.05, 3.63) is 103 Å². The number of aromatic nitrogens is 2. The number of esters is 1. The van der Waals surface area contributed by atoms with Gasteiger partial charge < -0.3 is 9.72 Å². The zero-order valence-corrected chi connectivity index (χ0v) is 25.0. The second-order valence-corrected chi connectivity index (χ2v) is 12.9. The number of rotatable bonds is 8. The topological polar surface area (TPSA) is 245 Å². The summed E-state index contributed by atoms with van der Waals surface area (Å²) in [5.41, 5.74) is -1.31. The van der Waals surface area contributed by atoms with Gasteiger partial charge in [-0.15, -0.1) is 4.40 Å². The monoisotopic (exact) mass is 671 g/mol. The molecule has 0 saturated heterocycles. The molecule has 2 unspecified atom stereocenters. The highest BCUT2D eigenvalue weighted by Gasteiger charge is 2.40. The number of hydrogen-bond acceptors (Lipinski definition) is 11. The van der Waals surface area contributed by atoms with Crippen LogP contribution in [0.5, 0.6) is 0 Å². The maximum Gasteiger partial charge on any atom is 0.375 e. The number of hydrogen-bond donors (Lipinski definition) is 3. The third kappa shape index (κ3) is 5.94. The number of primary sulfonamides is 1. The molecule has 4 aromatic rings. The van der Waals surface area contributed by atoms with E-state index < -0.39 is 80.3 Å². The molecule has 1 aliphatic rings. The van der Waals surface area contributed by atoms with Crippen LogP contribution >= 0.6 is 11.6 Å². The minimum Gasteiger partial charge on any atom is -0.463 e. The van der Waals surface area contributed by atoms with Gasteiger partial charge in [0.1, 0.15) is 21.0 Å². The number of nitrogens with one attached hydrogen (secondary N) is 1. The first kappa shape index (κ1) is 31.5. The summed E-state index contributed by atoms with van der Waals surface area (Å²) in [6, 6.07) is 13.8. The standard InChI is InChI=1S/C27H18ClN5O10S2/c1-43-27(38)24(36)20(23(35)25-31-17-10-14(28)18(44(29,39)40)11-19(17)45(41,42)33-25)21-26(37)32-16-9-13(7-8-15(16)30-21)22(34)12-5-3-2-4-6-12/h2-11,20H,1H3,(H,32,37)(H2,29,39,40)(H,31,33,41,42). The summed E-state index contributed by atoms with van der Waals surface area (Å²) in [5.74, 6) is -8.42. The summed E-state index contributed by atoms with van der Waals surface area (Å²) < 4.78 is 54.5. The summed E-state index contributed by atoms with van der Waals surface area (Å²) in [4.78, 5) is 74.8. The number of ketones is 3. The Kier molecular flexibility index (Phi) is 8.06. The van der Waals surface area contributed by atoms with Crippen LogP contribution in [0.3, 0.4) is 0 Å². The van der Waals surface area contributed by atoms with Crippen LogP contribution in [0.1, 0.15) is 27.5 Å². The second-order valence-electron chi connectivity index (χ2n) is 9.35. The molecule has 0 spiro atoms. The van der Waals surface area contributed by atoms with Gasteiger partial charge in [-0.05, 0) is 30.3 Å². The molecular formula is C27H18ClN5O10S2. The number of Topliss-reactive ketones (excluding diaryl/α,β-unsaturated/α-hetero) is 2. The van der Waals surface area contributed by atoms with Gasteiger partial charge in [-0.3, -0.25) is 23.7 Å². The number of benzene rings is 3. The van der Waals surface area contributed by atoms with E-state index in [1.165, 1.54) is 18.2 Å². The fraction of sp³-hybridized carbons (Fsp3) is 0.0741. The molecule has 0 bridgehead atoms. The minimum absolute atomic E-state index is 0.00537. The fourth-order valence-electron chi connectivity index (χ4n) is 4.35. The number of methoxy groups -OCH3 is 1.